The molecule has 60 valence electrons. The minimum Gasteiger partial charge on any atom is -0.0991 e. The fourth-order valence-electron chi connectivity index (χ4n) is 1.41. The predicted molar refractivity (Wildman–Crippen MR) is 50.4 cm³/mol. The van der Waals surface area contributed by atoms with Crippen molar-refractivity contribution in [1.82, 2.24) is 0 Å². The van der Waals surface area contributed by atoms with Gasteiger partial charge in [-0.2, -0.15) is 0 Å². The maximum absolute atomic E-state index is 3.79. The summed E-state index contributed by atoms with van der Waals surface area (Å²) < 4.78 is 0. The Balaban J connectivity index is 2.58. The average molecular weight is 148 g/mol. The first kappa shape index (κ1) is 8.32. The quantitative estimate of drug-likeness (QED) is 0.536. The normalized spacial score (nSPS) is 21.0. The molecule has 0 radical (unpaired) electrons. The second-order valence-electron chi connectivity index (χ2n) is 3.23. The highest BCUT2D eigenvalue weighted by Crippen LogP contribution is 2.40. The van der Waals surface area contributed by atoms with Crippen molar-refractivity contribution in [3.05, 3.63) is 37.0 Å². The molecule has 11 heavy (non-hydrogen) atoms. The highest BCUT2D eigenvalue weighted by Gasteiger charge is 2.28. The standard InChI is InChI=1S/C11H16/c1-4-6-10(5-2)9(3)11-7-8-11/h4-6,9,11H,1-2,7-8H2,3H3/b10-6+. The van der Waals surface area contributed by atoms with Gasteiger partial charge in [-0.3, -0.25) is 0 Å². The molecule has 1 saturated carbocycles. The minimum atomic E-state index is 0.686. The van der Waals surface area contributed by atoms with E-state index < -0.39 is 0 Å². The van der Waals surface area contributed by atoms with Crippen LogP contribution >= 0.6 is 0 Å². The lowest BCUT2D eigenvalue weighted by molar-refractivity contribution is 0.604. The van der Waals surface area contributed by atoms with Gasteiger partial charge in [0.05, 0.1) is 0 Å². The van der Waals surface area contributed by atoms with E-state index in [1.807, 2.05) is 12.2 Å². The molecule has 0 heterocycles. The molecule has 0 aliphatic heterocycles. The summed E-state index contributed by atoms with van der Waals surface area (Å²) in [7, 11) is 0. The van der Waals surface area contributed by atoms with Crippen LogP contribution in [0.1, 0.15) is 19.8 Å². The number of hydrogen-bond donors (Lipinski definition) is 0. The van der Waals surface area contributed by atoms with Crippen LogP contribution in [-0.4, -0.2) is 0 Å². The van der Waals surface area contributed by atoms with Crippen LogP contribution in [-0.2, 0) is 0 Å². The molecule has 0 saturated heterocycles. The molecule has 0 amide bonds. The molecule has 0 spiro atoms. The van der Waals surface area contributed by atoms with E-state index in [-0.39, 0.29) is 0 Å². The van der Waals surface area contributed by atoms with Gasteiger partial charge in [-0.25, -0.2) is 0 Å². The van der Waals surface area contributed by atoms with Crippen LogP contribution < -0.4 is 0 Å². The highest BCUT2D eigenvalue weighted by molar-refractivity contribution is 5.24. The van der Waals surface area contributed by atoms with Crippen LogP contribution in [0.25, 0.3) is 0 Å². The second kappa shape index (κ2) is 3.56. The van der Waals surface area contributed by atoms with E-state index in [0.29, 0.717) is 5.92 Å². The van der Waals surface area contributed by atoms with E-state index in [0.717, 1.165) is 5.92 Å². The summed E-state index contributed by atoms with van der Waals surface area (Å²) in [6, 6.07) is 0. The van der Waals surface area contributed by atoms with E-state index in [4.69, 9.17) is 0 Å². The first-order valence-corrected chi connectivity index (χ1v) is 4.24. The maximum Gasteiger partial charge on any atom is -0.0162 e. The third kappa shape index (κ3) is 2.07. The van der Waals surface area contributed by atoms with Gasteiger partial charge in [0.15, 0.2) is 0 Å². The third-order valence-corrected chi connectivity index (χ3v) is 2.40. The van der Waals surface area contributed by atoms with Crippen molar-refractivity contribution < 1.29 is 0 Å². The van der Waals surface area contributed by atoms with Gasteiger partial charge in [-0.15, -0.1) is 0 Å². The van der Waals surface area contributed by atoms with Crippen molar-refractivity contribution in [3.8, 4) is 0 Å². The van der Waals surface area contributed by atoms with Gasteiger partial charge in [0.2, 0.25) is 0 Å². The van der Waals surface area contributed by atoms with Gasteiger partial charge in [0.1, 0.15) is 0 Å². The van der Waals surface area contributed by atoms with Gasteiger partial charge < -0.3 is 0 Å². The highest BCUT2D eigenvalue weighted by atomic mass is 14.3. The Kier molecular flexibility index (Phi) is 2.70. The zero-order chi connectivity index (χ0) is 8.27. The molecule has 1 aliphatic carbocycles. The first-order valence-electron chi connectivity index (χ1n) is 4.24. The number of hydrogen-bond acceptors (Lipinski definition) is 0. The lowest BCUT2D eigenvalue weighted by Crippen LogP contribution is -1.98. The van der Waals surface area contributed by atoms with Crippen molar-refractivity contribution in [3.63, 3.8) is 0 Å². The van der Waals surface area contributed by atoms with Crippen molar-refractivity contribution in [2.24, 2.45) is 11.8 Å². The molecule has 0 heteroatoms. The van der Waals surface area contributed by atoms with Crippen LogP contribution in [0.2, 0.25) is 0 Å². The second-order valence-corrected chi connectivity index (χ2v) is 3.23. The molecular formula is C11H16. The van der Waals surface area contributed by atoms with Crippen molar-refractivity contribution in [1.29, 1.82) is 0 Å². The Labute approximate surface area is 69.3 Å². The van der Waals surface area contributed by atoms with E-state index in [1.165, 1.54) is 18.4 Å². The zero-order valence-corrected chi connectivity index (χ0v) is 7.22. The monoisotopic (exact) mass is 148 g/mol. The predicted octanol–water partition coefficient (Wildman–Crippen LogP) is 3.33. The molecule has 1 atom stereocenters. The molecule has 1 aliphatic rings. The number of rotatable bonds is 4. The largest absolute Gasteiger partial charge is 0.0991 e. The SMILES string of the molecule is C=C/C=C(\C=C)C(C)C1CC1. The summed E-state index contributed by atoms with van der Waals surface area (Å²) in [5.41, 5.74) is 1.34. The Morgan fingerprint density at radius 1 is 1.45 bits per heavy atom. The molecule has 1 fully saturated rings. The van der Waals surface area contributed by atoms with Gasteiger partial charge in [-0.1, -0.05) is 38.3 Å². The van der Waals surface area contributed by atoms with E-state index in [2.05, 4.69) is 26.2 Å². The molecule has 1 rings (SSSR count). The van der Waals surface area contributed by atoms with Gasteiger partial charge in [0, 0.05) is 0 Å². The third-order valence-electron chi connectivity index (χ3n) is 2.40. The van der Waals surface area contributed by atoms with Crippen molar-refractivity contribution >= 4 is 0 Å². The summed E-state index contributed by atoms with van der Waals surface area (Å²) in [4.78, 5) is 0. The van der Waals surface area contributed by atoms with E-state index >= 15 is 0 Å². The number of allylic oxidation sites excluding steroid dienone is 4. The molecule has 0 nitrogen and oxygen atoms in total. The van der Waals surface area contributed by atoms with Gasteiger partial charge in [0.25, 0.3) is 0 Å². The Morgan fingerprint density at radius 3 is 2.45 bits per heavy atom. The van der Waals surface area contributed by atoms with Crippen LogP contribution in [0.4, 0.5) is 0 Å². The first-order chi connectivity index (χ1) is 5.29. The van der Waals surface area contributed by atoms with Crippen LogP contribution in [0.5, 0.6) is 0 Å². The van der Waals surface area contributed by atoms with E-state index in [1.54, 1.807) is 0 Å². The van der Waals surface area contributed by atoms with Crippen LogP contribution in [0.3, 0.4) is 0 Å². The van der Waals surface area contributed by atoms with Gasteiger partial charge >= 0.3 is 0 Å². The Hall–Kier alpha value is -0.780. The lowest BCUT2D eigenvalue weighted by Gasteiger charge is -2.09. The average Bonchev–Trinajstić information content (AvgIpc) is 2.81. The molecule has 0 aromatic carbocycles. The van der Waals surface area contributed by atoms with Gasteiger partial charge in [-0.05, 0) is 30.3 Å². The topological polar surface area (TPSA) is 0 Å². The summed E-state index contributed by atoms with van der Waals surface area (Å²) >= 11 is 0. The molecule has 1 unspecified atom stereocenters. The molecule has 0 N–H and O–H groups in total. The van der Waals surface area contributed by atoms with Crippen LogP contribution in [0, 0.1) is 11.8 Å². The fraction of sp³-hybridized carbons (Fsp3) is 0.455. The molecule has 0 aromatic rings. The lowest BCUT2D eigenvalue weighted by atomic mass is 9.96. The summed E-state index contributed by atoms with van der Waals surface area (Å²) in [5, 5.41) is 0. The van der Waals surface area contributed by atoms with Crippen LogP contribution in [0.15, 0.2) is 37.0 Å². The Bertz CT molecular complexity index is 182. The van der Waals surface area contributed by atoms with Crippen molar-refractivity contribution in [2.75, 3.05) is 0 Å². The van der Waals surface area contributed by atoms with Crippen molar-refractivity contribution in [2.45, 2.75) is 19.8 Å². The minimum absolute atomic E-state index is 0.686. The molecule has 0 bridgehead atoms. The maximum atomic E-state index is 3.79. The molecular weight excluding hydrogens is 132 g/mol. The van der Waals surface area contributed by atoms with E-state index in [9.17, 15) is 0 Å². The summed E-state index contributed by atoms with van der Waals surface area (Å²) in [5.74, 6) is 1.60. The fourth-order valence-corrected chi connectivity index (χ4v) is 1.41. The smallest absolute Gasteiger partial charge is 0.0162 e. The summed E-state index contributed by atoms with van der Waals surface area (Å²) in [6.45, 7) is 9.75. The molecule has 0 aromatic heterocycles. The zero-order valence-electron chi connectivity index (χ0n) is 7.22. The Morgan fingerprint density at radius 2 is 2.09 bits per heavy atom. The summed E-state index contributed by atoms with van der Waals surface area (Å²) in [6.07, 6.45) is 8.64.